The molecule has 3 aromatic carbocycles. The number of anilines is 1. The number of nitrogens with one attached hydrogen (secondary N) is 1. The van der Waals surface area contributed by atoms with Crippen LogP contribution >= 0.6 is 11.3 Å². The lowest BCUT2D eigenvalue weighted by atomic mass is 10.1. The number of fused-ring (bicyclic) bond motifs is 1. The predicted molar refractivity (Wildman–Crippen MR) is 169 cm³/mol. The van der Waals surface area contributed by atoms with E-state index in [1.807, 2.05) is 71.3 Å². The smallest absolute Gasteiger partial charge is 0.261 e. The van der Waals surface area contributed by atoms with Crippen molar-refractivity contribution in [2.45, 2.75) is 25.9 Å². The Labute approximate surface area is 254 Å². The molecule has 1 aliphatic rings. The van der Waals surface area contributed by atoms with E-state index in [0.29, 0.717) is 35.6 Å². The van der Waals surface area contributed by atoms with Gasteiger partial charge in [0, 0.05) is 41.8 Å². The molecule has 2 amide bonds. The van der Waals surface area contributed by atoms with Crippen molar-refractivity contribution in [2.75, 3.05) is 31.1 Å². The second-order valence-electron chi connectivity index (χ2n) is 10.7. The summed E-state index contributed by atoms with van der Waals surface area (Å²) in [7, 11) is 0. The fraction of sp³-hybridized carbons (Fsp3) is 0.235. The fourth-order valence-electron chi connectivity index (χ4n) is 5.41. The van der Waals surface area contributed by atoms with Gasteiger partial charge in [-0.05, 0) is 85.4 Å². The summed E-state index contributed by atoms with van der Waals surface area (Å²) in [6.07, 6.45) is 6.00. The molecule has 43 heavy (non-hydrogen) atoms. The molecule has 0 saturated carbocycles. The first-order chi connectivity index (χ1) is 21.1. The number of imidazole rings is 1. The first kappa shape index (κ1) is 28.3. The second-order valence-corrected chi connectivity index (χ2v) is 11.8. The number of amides is 2. The molecule has 9 heteroatoms. The largest absolute Gasteiger partial charge is 0.350 e. The van der Waals surface area contributed by atoms with Crippen molar-refractivity contribution < 1.29 is 9.59 Å². The first-order valence-electron chi connectivity index (χ1n) is 14.5. The van der Waals surface area contributed by atoms with Crippen LogP contribution in [0.1, 0.15) is 49.7 Å². The molecule has 0 unspecified atom stereocenters. The Hall–Kier alpha value is -4.78. The van der Waals surface area contributed by atoms with Crippen LogP contribution in [0.5, 0.6) is 0 Å². The third kappa shape index (κ3) is 6.67. The van der Waals surface area contributed by atoms with Gasteiger partial charge in [-0.3, -0.25) is 9.59 Å². The van der Waals surface area contributed by atoms with E-state index in [-0.39, 0.29) is 11.8 Å². The Balaban J connectivity index is 1.24. The standard InChI is InChI=1S/C34H32N6O2S/c35-20-25-8-10-26(11-9-25)22-39-24-36-21-30(39)23-40(34(42)27-6-2-1-3-7-27)29-12-13-31-28(18-29)19-32(43-31)33(41)37-14-17-38-15-4-5-16-38/h1-3,6-13,18-19,21,24H,4-5,14-17,22-23H2,(H,37,41). The molecule has 216 valence electrons. The number of carbonyl (C=O) groups is 2. The quantitative estimate of drug-likeness (QED) is 0.226. The molecule has 1 aliphatic heterocycles. The summed E-state index contributed by atoms with van der Waals surface area (Å²) in [4.78, 5) is 36.0. The maximum absolute atomic E-state index is 13.9. The van der Waals surface area contributed by atoms with E-state index in [1.165, 1.54) is 24.2 Å². The van der Waals surface area contributed by atoms with E-state index < -0.39 is 0 Å². The monoisotopic (exact) mass is 588 g/mol. The summed E-state index contributed by atoms with van der Waals surface area (Å²) in [5.41, 5.74) is 3.85. The van der Waals surface area contributed by atoms with Crippen molar-refractivity contribution in [1.82, 2.24) is 19.8 Å². The van der Waals surface area contributed by atoms with Gasteiger partial charge in [0.05, 0.1) is 35.1 Å². The number of rotatable bonds is 10. The molecule has 0 atom stereocenters. The fourth-order valence-corrected chi connectivity index (χ4v) is 6.37. The van der Waals surface area contributed by atoms with Gasteiger partial charge in [-0.1, -0.05) is 30.3 Å². The number of likely N-dealkylation sites (tertiary alicyclic amines) is 1. The first-order valence-corrected chi connectivity index (χ1v) is 15.3. The number of benzene rings is 3. The molecule has 0 bridgehead atoms. The van der Waals surface area contributed by atoms with Crippen LogP contribution in [0.25, 0.3) is 10.1 Å². The zero-order chi connectivity index (χ0) is 29.6. The molecule has 0 radical (unpaired) electrons. The van der Waals surface area contributed by atoms with Crippen LogP contribution < -0.4 is 10.2 Å². The number of nitriles is 1. The van der Waals surface area contributed by atoms with Crippen LogP contribution in [0.4, 0.5) is 5.69 Å². The van der Waals surface area contributed by atoms with Gasteiger partial charge in [0.15, 0.2) is 0 Å². The lowest BCUT2D eigenvalue weighted by Gasteiger charge is -2.24. The Morgan fingerprint density at radius 2 is 1.79 bits per heavy atom. The Morgan fingerprint density at radius 1 is 1.00 bits per heavy atom. The molecular formula is C34H32N6O2S. The Kier molecular flexibility index (Phi) is 8.59. The van der Waals surface area contributed by atoms with Gasteiger partial charge >= 0.3 is 0 Å². The number of hydrogen-bond donors (Lipinski definition) is 1. The average molecular weight is 589 g/mol. The third-order valence-electron chi connectivity index (χ3n) is 7.77. The van der Waals surface area contributed by atoms with Crippen LogP contribution in [0, 0.1) is 11.3 Å². The average Bonchev–Trinajstić information content (AvgIpc) is 3.82. The molecule has 2 aromatic heterocycles. The third-order valence-corrected chi connectivity index (χ3v) is 8.88. The van der Waals surface area contributed by atoms with Crippen LogP contribution in [0.15, 0.2) is 91.4 Å². The highest BCUT2D eigenvalue weighted by Gasteiger charge is 2.21. The summed E-state index contributed by atoms with van der Waals surface area (Å²) in [5, 5.41) is 13.1. The molecule has 5 aromatic rings. The van der Waals surface area contributed by atoms with Gasteiger partial charge in [-0.2, -0.15) is 5.26 Å². The van der Waals surface area contributed by atoms with Crippen molar-refractivity contribution in [3.8, 4) is 6.07 Å². The van der Waals surface area contributed by atoms with Gasteiger partial charge in [-0.15, -0.1) is 11.3 Å². The van der Waals surface area contributed by atoms with Gasteiger partial charge in [0.25, 0.3) is 11.8 Å². The van der Waals surface area contributed by atoms with Crippen LogP contribution in [0.3, 0.4) is 0 Å². The molecule has 1 saturated heterocycles. The molecule has 6 rings (SSSR count). The van der Waals surface area contributed by atoms with E-state index in [1.54, 1.807) is 29.6 Å². The van der Waals surface area contributed by atoms with Crippen molar-refractivity contribution in [3.05, 3.63) is 119 Å². The van der Waals surface area contributed by atoms with E-state index >= 15 is 0 Å². The van der Waals surface area contributed by atoms with Gasteiger partial charge in [0.1, 0.15) is 0 Å². The number of nitrogens with zero attached hydrogens (tertiary/aromatic N) is 5. The molecule has 0 spiro atoms. The van der Waals surface area contributed by atoms with Crippen molar-refractivity contribution >= 4 is 38.9 Å². The van der Waals surface area contributed by atoms with E-state index in [4.69, 9.17) is 5.26 Å². The molecular weight excluding hydrogens is 556 g/mol. The number of carbonyl (C=O) groups excluding carboxylic acids is 2. The zero-order valence-electron chi connectivity index (χ0n) is 23.8. The lowest BCUT2D eigenvalue weighted by molar-refractivity contribution is 0.0952. The highest BCUT2D eigenvalue weighted by molar-refractivity contribution is 7.20. The predicted octanol–water partition coefficient (Wildman–Crippen LogP) is 5.69. The highest BCUT2D eigenvalue weighted by Crippen LogP contribution is 2.31. The van der Waals surface area contributed by atoms with Crippen molar-refractivity contribution in [1.29, 1.82) is 5.26 Å². The number of thiophene rings is 1. The Bertz CT molecular complexity index is 1760. The number of aromatic nitrogens is 2. The molecule has 1 N–H and O–H groups in total. The van der Waals surface area contributed by atoms with E-state index in [9.17, 15) is 9.59 Å². The van der Waals surface area contributed by atoms with Crippen molar-refractivity contribution in [3.63, 3.8) is 0 Å². The minimum absolute atomic E-state index is 0.0640. The normalized spacial score (nSPS) is 13.2. The molecule has 3 heterocycles. The van der Waals surface area contributed by atoms with Gasteiger partial charge in [-0.25, -0.2) is 4.98 Å². The van der Waals surface area contributed by atoms with Crippen molar-refractivity contribution in [2.24, 2.45) is 0 Å². The summed E-state index contributed by atoms with van der Waals surface area (Å²) in [5.74, 6) is -0.188. The zero-order valence-corrected chi connectivity index (χ0v) is 24.6. The van der Waals surface area contributed by atoms with E-state index in [2.05, 4.69) is 21.3 Å². The topological polar surface area (TPSA) is 94.3 Å². The van der Waals surface area contributed by atoms with Gasteiger partial charge < -0.3 is 19.7 Å². The van der Waals surface area contributed by atoms with Crippen LogP contribution in [-0.2, 0) is 13.1 Å². The lowest BCUT2D eigenvalue weighted by Crippen LogP contribution is -2.33. The maximum atomic E-state index is 13.9. The minimum atomic E-state index is -0.124. The van der Waals surface area contributed by atoms with E-state index in [0.717, 1.165) is 46.7 Å². The minimum Gasteiger partial charge on any atom is -0.350 e. The second kappa shape index (κ2) is 13.0. The summed E-state index contributed by atoms with van der Waals surface area (Å²) < 4.78 is 3.01. The summed E-state index contributed by atoms with van der Waals surface area (Å²) in [6.45, 7) is 4.59. The number of hydrogen-bond acceptors (Lipinski definition) is 6. The molecule has 1 fully saturated rings. The Morgan fingerprint density at radius 3 is 2.56 bits per heavy atom. The maximum Gasteiger partial charge on any atom is 0.261 e. The van der Waals surface area contributed by atoms with Crippen LogP contribution in [0.2, 0.25) is 0 Å². The SMILES string of the molecule is N#Cc1ccc(Cn2cncc2CN(C(=O)c2ccccc2)c2ccc3sc(C(=O)NCCN4CCCC4)cc3c2)cc1. The van der Waals surface area contributed by atoms with Gasteiger partial charge in [0.2, 0.25) is 0 Å². The molecule has 8 nitrogen and oxygen atoms in total. The summed E-state index contributed by atoms with van der Waals surface area (Å²) >= 11 is 1.46. The summed E-state index contributed by atoms with van der Waals surface area (Å²) in [6, 6.07) is 26.7. The highest BCUT2D eigenvalue weighted by atomic mass is 32.1. The molecule has 0 aliphatic carbocycles. The van der Waals surface area contributed by atoms with Crippen LogP contribution in [-0.4, -0.2) is 52.4 Å².